The van der Waals surface area contributed by atoms with Gasteiger partial charge in [-0.05, 0) is 33.3 Å². The van der Waals surface area contributed by atoms with Crippen molar-refractivity contribution in [1.82, 2.24) is 5.06 Å². The van der Waals surface area contributed by atoms with E-state index in [0.29, 0.717) is 0 Å². The number of carbonyl (C=O) groups excluding carboxylic acids is 1. The zero-order chi connectivity index (χ0) is 15.1. The van der Waals surface area contributed by atoms with Gasteiger partial charge in [0.15, 0.2) is 0 Å². The van der Waals surface area contributed by atoms with Gasteiger partial charge in [-0.25, -0.2) is 4.21 Å². The molecule has 0 bridgehead atoms. The molecule has 1 rings (SSSR count). The molecule has 110 valence electrons. The molecule has 1 unspecified atom stereocenters. The van der Waals surface area contributed by atoms with Crippen LogP contribution in [0.4, 0.5) is 0 Å². The molecule has 1 atom stereocenters. The maximum atomic E-state index is 12.0. The number of carbonyl (C=O) groups is 1. The van der Waals surface area contributed by atoms with Crippen molar-refractivity contribution in [2.24, 2.45) is 0 Å². The van der Waals surface area contributed by atoms with Gasteiger partial charge in [-0.2, -0.15) is 0 Å². The Kier molecular flexibility index (Phi) is 4.46. The Morgan fingerprint density at radius 1 is 1.42 bits per heavy atom. The first-order valence-electron chi connectivity index (χ1n) is 5.92. The molecule has 5 nitrogen and oxygen atoms in total. The molecule has 0 N–H and O–H groups in total. The highest BCUT2D eigenvalue weighted by Gasteiger charge is 2.48. The Morgan fingerprint density at radius 3 is 2.37 bits per heavy atom. The lowest BCUT2D eigenvalue weighted by molar-refractivity contribution is -0.228. The lowest BCUT2D eigenvalue weighted by Gasteiger charge is -2.39. The van der Waals surface area contributed by atoms with Gasteiger partial charge in [-0.1, -0.05) is 6.08 Å². The largest absolute Gasteiger partial charge is 0.367 e. The normalized spacial score (nSPS) is 24.6. The smallest absolute Gasteiger partial charge is 0.322 e. The average Bonchev–Trinajstić information content (AvgIpc) is 2.38. The molecule has 0 amide bonds. The van der Waals surface area contributed by atoms with Crippen molar-refractivity contribution in [2.45, 2.75) is 45.7 Å². The van der Waals surface area contributed by atoms with Gasteiger partial charge in [-0.15, -0.1) is 5.06 Å². The summed E-state index contributed by atoms with van der Waals surface area (Å²) in [6.07, 6.45) is 1.93. The quantitative estimate of drug-likeness (QED) is 0.735. The molecule has 1 aliphatic rings. The third kappa shape index (κ3) is 3.53. The van der Waals surface area contributed by atoms with Crippen LogP contribution in [0.3, 0.4) is 0 Å². The molecule has 0 aromatic rings. The summed E-state index contributed by atoms with van der Waals surface area (Å²) in [6, 6.07) is 0. The minimum absolute atomic E-state index is 0.146. The zero-order valence-electron chi connectivity index (χ0n) is 12.2. The summed E-state index contributed by atoms with van der Waals surface area (Å²) in [4.78, 5) is 16.5. The second-order valence-electron chi connectivity index (χ2n) is 5.63. The number of rotatable bonds is 4. The maximum absolute atomic E-state index is 12.0. The van der Waals surface area contributed by atoms with Gasteiger partial charge < -0.3 is 4.84 Å². The fourth-order valence-electron chi connectivity index (χ4n) is 2.34. The van der Waals surface area contributed by atoms with Crippen molar-refractivity contribution in [3.63, 3.8) is 0 Å². The SMILES string of the molecule is COS(=O)(=S)CC1=CC(C)(C)N(OC(C)=O)C1(C)C. The minimum atomic E-state index is -2.78. The monoisotopic (exact) mass is 307 g/mol. The molecule has 1 heterocycles. The topological polar surface area (TPSA) is 55.8 Å². The van der Waals surface area contributed by atoms with E-state index in [1.54, 1.807) is 5.06 Å². The summed E-state index contributed by atoms with van der Waals surface area (Å²) in [5, 5.41) is 1.61. The number of hydroxylamine groups is 2. The molecule has 0 spiro atoms. The van der Waals surface area contributed by atoms with Gasteiger partial charge in [0.05, 0.1) is 23.9 Å². The van der Waals surface area contributed by atoms with E-state index >= 15 is 0 Å². The molecule has 19 heavy (non-hydrogen) atoms. The second-order valence-corrected chi connectivity index (χ2v) is 8.89. The summed E-state index contributed by atoms with van der Waals surface area (Å²) in [7, 11) is -1.44. The predicted octanol–water partition coefficient (Wildman–Crippen LogP) is 1.57. The van der Waals surface area contributed by atoms with Crippen LogP contribution in [0.5, 0.6) is 0 Å². The van der Waals surface area contributed by atoms with Crippen molar-refractivity contribution in [2.75, 3.05) is 12.9 Å². The highest BCUT2D eigenvalue weighted by Crippen LogP contribution is 2.40. The van der Waals surface area contributed by atoms with Crippen LogP contribution in [-0.2, 0) is 33.8 Å². The van der Waals surface area contributed by atoms with Gasteiger partial charge in [0.25, 0.3) is 0 Å². The Hall–Kier alpha value is -0.500. The first-order valence-corrected chi connectivity index (χ1v) is 8.49. The van der Waals surface area contributed by atoms with E-state index < -0.39 is 19.9 Å². The molecule has 0 fully saturated rings. The predicted molar refractivity (Wildman–Crippen MR) is 77.2 cm³/mol. The molecular formula is C12H21NO4S2. The van der Waals surface area contributed by atoms with Crippen LogP contribution in [0.1, 0.15) is 34.6 Å². The molecule has 0 aromatic carbocycles. The summed E-state index contributed by atoms with van der Waals surface area (Å²) in [5.74, 6) is -0.242. The van der Waals surface area contributed by atoms with E-state index in [4.69, 9.17) is 20.2 Å². The van der Waals surface area contributed by atoms with Gasteiger partial charge in [0.2, 0.25) is 0 Å². The van der Waals surface area contributed by atoms with Crippen LogP contribution in [0, 0.1) is 0 Å². The number of hydrogen-bond donors (Lipinski definition) is 0. The number of hydrogen-bond acceptors (Lipinski definition) is 6. The van der Waals surface area contributed by atoms with Crippen molar-refractivity contribution in [3.05, 3.63) is 11.6 Å². The second kappa shape index (κ2) is 5.12. The Bertz CT molecular complexity index is 506. The first-order chi connectivity index (χ1) is 8.42. The van der Waals surface area contributed by atoms with Crippen molar-refractivity contribution >= 4 is 25.9 Å². The Balaban J connectivity index is 3.12. The van der Waals surface area contributed by atoms with E-state index in [2.05, 4.69) is 0 Å². The average molecular weight is 307 g/mol. The van der Waals surface area contributed by atoms with Crippen LogP contribution >= 0.6 is 0 Å². The standard InChI is InChI=1S/C12H21NO4S2/c1-9(14)17-13-11(2,3)7-10(12(13,4)5)8-19(15,18)16-6/h7H,8H2,1-6H3. The highest BCUT2D eigenvalue weighted by molar-refractivity contribution is 8.30. The van der Waals surface area contributed by atoms with E-state index in [0.717, 1.165) is 5.57 Å². The Morgan fingerprint density at radius 2 is 1.95 bits per heavy atom. The van der Waals surface area contributed by atoms with Crippen LogP contribution < -0.4 is 0 Å². The van der Waals surface area contributed by atoms with Crippen LogP contribution in [0.2, 0.25) is 0 Å². The summed E-state index contributed by atoms with van der Waals surface area (Å²) in [5.41, 5.74) is -0.209. The molecule has 0 radical (unpaired) electrons. The minimum Gasteiger partial charge on any atom is -0.367 e. The molecule has 0 aliphatic carbocycles. The zero-order valence-corrected chi connectivity index (χ0v) is 13.8. The highest BCUT2D eigenvalue weighted by atomic mass is 32.8. The molecule has 0 saturated carbocycles. The van der Waals surface area contributed by atoms with Crippen LogP contribution in [0.15, 0.2) is 11.6 Å². The number of nitrogens with zero attached hydrogens (tertiary/aromatic N) is 1. The molecular weight excluding hydrogens is 286 g/mol. The van der Waals surface area contributed by atoms with Gasteiger partial charge >= 0.3 is 5.97 Å². The van der Waals surface area contributed by atoms with E-state index in [-0.39, 0.29) is 11.7 Å². The van der Waals surface area contributed by atoms with Gasteiger partial charge in [0, 0.05) is 18.1 Å². The summed E-state index contributed by atoms with van der Waals surface area (Å²) in [6.45, 7) is 9.00. The lowest BCUT2D eigenvalue weighted by atomic mass is 9.98. The fourth-order valence-corrected chi connectivity index (χ4v) is 3.66. The fraction of sp³-hybridized carbons (Fsp3) is 0.750. The molecule has 1 aliphatic heterocycles. The van der Waals surface area contributed by atoms with Crippen molar-refractivity contribution in [1.29, 1.82) is 0 Å². The van der Waals surface area contributed by atoms with Gasteiger partial charge in [-0.3, -0.25) is 8.98 Å². The van der Waals surface area contributed by atoms with Crippen molar-refractivity contribution < 1.29 is 18.0 Å². The van der Waals surface area contributed by atoms with Crippen LogP contribution in [0.25, 0.3) is 0 Å². The van der Waals surface area contributed by atoms with Gasteiger partial charge in [0.1, 0.15) is 8.77 Å². The summed E-state index contributed by atoms with van der Waals surface area (Å²) >= 11 is 4.92. The molecule has 0 saturated heterocycles. The third-order valence-electron chi connectivity index (χ3n) is 3.15. The van der Waals surface area contributed by atoms with Crippen molar-refractivity contribution in [3.8, 4) is 0 Å². The third-order valence-corrected chi connectivity index (χ3v) is 5.08. The lowest BCUT2D eigenvalue weighted by Crippen LogP contribution is -2.51. The van der Waals surface area contributed by atoms with E-state index in [1.165, 1.54) is 14.0 Å². The summed E-state index contributed by atoms with van der Waals surface area (Å²) < 4.78 is 16.8. The van der Waals surface area contributed by atoms with Crippen LogP contribution in [-0.4, -0.2) is 39.2 Å². The molecule has 7 heteroatoms. The maximum Gasteiger partial charge on any atom is 0.322 e. The van der Waals surface area contributed by atoms with E-state index in [1.807, 2.05) is 33.8 Å². The Labute approximate surface area is 119 Å². The first kappa shape index (κ1) is 16.6. The van der Waals surface area contributed by atoms with E-state index in [9.17, 15) is 9.00 Å². The molecule has 0 aromatic heterocycles.